The first-order valence-corrected chi connectivity index (χ1v) is 5.58. The third-order valence-electron chi connectivity index (χ3n) is 2.04. The SMILES string of the molecule is CC(C)CNCCCNCc1cnco1. The lowest BCUT2D eigenvalue weighted by molar-refractivity contribution is 0.472. The van der Waals surface area contributed by atoms with Crippen molar-refractivity contribution in [3.05, 3.63) is 18.4 Å². The monoisotopic (exact) mass is 211 g/mol. The number of nitrogens with zero attached hydrogens (tertiary/aromatic N) is 1. The van der Waals surface area contributed by atoms with E-state index in [2.05, 4.69) is 29.5 Å². The molecule has 1 rings (SSSR count). The molecule has 4 heteroatoms. The highest BCUT2D eigenvalue weighted by molar-refractivity contribution is 4.86. The summed E-state index contributed by atoms with van der Waals surface area (Å²) in [6.45, 7) is 8.38. The van der Waals surface area contributed by atoms with Gasteiger partial charge in [0.15, 0.2) is 6.39 Å². The molecule has 0 spiro atoms. The van der Waals surface area contributed by atoms with Gasteiger partial charge in [0.1, 0.15) is 5.76 Å². The van der Waals surface area contributed by atoms with E-state index in [1.54, 1.807) is 6.20 Å². The summed E-state index contributed by atoms with van der Waals surface area (Å²) in [6.07, 6.45) is 4.34. The fourth-order valence-electron chi connectivity index (χ4n) is 1.27. The third kappa shape index (κ3) is 6.25. The van der Waals surface area contributed by atoms with Crippen molar-refractivity contribution in [2.24, 2.45) is 5.92 Å². The number of hydrogen-bond donors (Lipinski definition) is 2. The van der Waals surface area contributed by atoms with Gasteiger partial charge in [0.2, 0.25) is 0 Å². The molecular formula is C11H21N3O. The highest BCUT2D eigenvalue weighted by atomic mass is 16.3. The minimum Gasteiger partial charge on any atom is -0.447 e. The molecule has 0 amide bonds. The van der Waals surface area contributed by atoms with Gasteiger partial charge in [-0.15, -0.1) is 0 Å². The third-order valence-corrected chi connectivity index (χ3v) is 2.04. The Morgan fingerprint density at radius 1 is 1.33 bits per heavy atom. The molecule has 2 N–H and O–H groups in total. The molecule has 0 aromatic carbocycles. The van der Waals surface area contributed by atoms with Crippen LogP contribution < -0.4 is 10.6 Å². The van der Waals surface area contributed by atoms with E-state index in [0.29, 0.717) is 0 Å². The molecule has 0 saturated carbocycles. The van der Waals surface area contributed by atoms with Crippen LogP contribution in [0, 0.1) is 5.92 Å². The maximum absolute atomic E-state index is 5.10. The van der Waals surface area contributed by atoms with Gasteiger partial charge in [-0.25, -0.2) is 4.98 Å². The van der Waals surface area contributed by atoms with E-state index in [4.69, 9.17) is 4.42 Å². The Hall–Kier alpha value is -0.870. The Labute approximate surface area is 91.5 Å². The standard InChI is InChI=1S/C11H21N3O/c1-10(2)6-12-4-3-5-13-7-11-8-14-9-15-11/h8-10,12-13H,3-7H2,1-2H3. The van der Waals surface area contributed by atoms with E-state index in [1.807, 2.05) is 0 Å². The molecule has 0 saturated heterocycles. The summed E-state index contributed by atoms with van der Waals surface area (Å²) in [5.41, 5.74) is 0. The summed E-state index contributed by atoms with van der Waals surface area (Å²) in [5, 5.41) is 6.70. The first-order chi connectivity index (χ1) is 7.29. The van der Waals surface area contributed by atoms with Gasteiger partial charge in [0.05, 0.1) is 12.7 Å². The van der Waals surface area contributed by atoms with Crippen LogP contribution in [-0.2, 0) is 6.54 Å². The van der Waals surface area contributed by atoms with Crippen LogP contribution >= 0.6 is 0 Å². The highest BCUT2D eigenvalue weighted by Crippen LogP contribution is 1.94. The van der Waals surface area contributed by atoms with Crippen molar-refractivity contribution in [1.82, 2.24) is 15.6 Å². The molecule has 0 unspecified atom stereocenters. The quantitative estimate of drug-likeness (QED) is 0.638. The van der Waals surface area contributed by atoms with Gasteiger partial charge in [0, 0.05) is 0 Å². The largest absolute Gasteiger partial charge is 0.447 e. The van der Waals surface area contributed by atoms with Crippen molar-refractivity contribution in [2.45, 2.75) is 26.8 Å². The number of nitrogens with one attached hydrogen (secondary N) is 2. The smallest absolute Gasteiger partial charge is 0.180 e. The molecule has 0 bridgehead atoms. The van der Waals surface area contributed by atoms with Crippen molar-refractivity contribution in [2.75, 3.05) is 19.6 Å². The van der Waals surface area contributed by atoms with E-state index in [9.17, 15) is 0 Å². The van der Waals surface area contributed by atoms with E-state index in [1.165, 1.54) is 6.39 Å². The van der Waals surface area contributed by atoms with Crippen LogP contribution in [0.15, 0.2) is 17.0 Å². The molecule has 1 heterocycles. The van der Waals surface area contributed by atoms with Gasteiger partial charge in [-0.05, 0) is 32.0 Å². The van der Waals surface area contributed by atoms with Crippen molar-refractivity contribution in [3.8, 4) is 0 Å². The van der Waals surface area contributed by atoms with Gasteiger partial charge in [-0.1, -0.05) is 13.8 Å². The summed E-state index contributed by atoms with van der Waals surface area (Å²) >= 11 is 0. The average Bonchev–Trinajstić information content (AvgIpc) is 2.68. The lowest BCUT2D eigenvalue weighted by Crippen LogP contribution is -2.24. The van der Waals surface area contributed by atoms with Crippen molar-refractivity contribution in [1.29, 1.82) is 0 Å². The second-order valence-electron chi connectivity index (χ2n) is 4.10. The summed E-state index contributed by atoms with van der Waals surface area (Å²) in [7, 11) is 0. The minimum atomic E-state index is 0.729. The summed E-state index contributed by atoms with van der Waals surface area (Å²) in [4.78, 5) is 3.85. The van der Waals surface area contributed by atoms with Crippen LogP contribution in [0.2, 0.25) is 0 Å². The molecule has 0 aliphatic carbocycles. The van der Waals surface area contributed by atoms with Crippen LogP contribution in [0.5, 0.6) is 0 Å². The predicted molar refractivity (Wildman–Crippen MR) is 60.5 cm³/mol. The number of hydrogen-bond acceptors (Lipinski definition) is 4. The first-order valence-electron chi connectivity index (χ1n) is 5.58. The molecule has 0 aliphatic heterocycles. The molecular weight excluding hydrogens is 190 g/mol. The second kappa shape index (κ2) is 7.43. The van der Waals surface area contributed by atoms with Crippen LogP contribution in [0.3, 0.4) is 0 Å². The van der Waals surface area contributed by atoms with Crippen LogP contribution in [0.1, 0.15) is 26.0 Å². The molecule has 86 valence electrons. The average molecular weight is 211 g/mol. The maximum Gasteiger partial charge on any atom is 0.180 e. The number of rotatable bonds is 8. The second-order valence-corrected chi connectivity index (χ2v) is 4.10. The van der Waals surface area contributed by atoms with Gasteiger partial charge in [-0.2, -0.15) is 0 Å². The van der Waals surface area contributed by atoms with Crippen molar-refractivity contribution >= 4 is 0 Å². The molecule has 0 radical (unpaired) electrons. The lowest BCUT2D eigenvalue weighted by Gasteiger charge is -2.07. The molecule has 0 fully saturated rings. The summed E-state index contributed by atoms with van der Waals surface area (Å²) < 4.78 is 5.10. The van der Waals surface area contributed by atoms with Gasteiger partial charge in [-0.3, -0.25) is 0 Å². The van der Waals surface area contributed by atoms with E-state index < -0.39 is 0 Å². The maximum atomic E-state index is 5.10. The zero-order chi connectivity index (χ0) is 10.9. The van der Waals surface area contributed by atoms with Crippen molar-refractivity contribution < 1.29 is 4.42 Å². The van der Waals surface area contributed by atoms with Gasteiger partial charge < -0.3 is 15.1 Å². The molecule has 1 aromatic rings. The lowest BCUT2D eigenvalue weighted by atomic mass is 10.2. The normalized spacial score (nSPS) is 11.1. The number of oxazole rings is 1. The Morgan fingerprint density at radius 3 is 2.80 bits per heavy atom. The minimum absolute atomic E-state index is 0.729. The molecule has 1 aromatic heterocycles. The molecule has 15 heavy (non-hydrogen) atoms. The van der Waals surface area contributed by atoms with Crippen LogP contribution in [0.25, 0.3) is 0 Å². The van der Waals surface area contributed by atoms with Crippen molar-refractivity contribution in [3.63, 3.8) is 0 Å². The highest BCUT2D eigenvalue weighted by Gasteiger charge is 1.95. The molecule has 0 aliphatic rings. The fourth-order valence-corrected chi connectivity index (χ4v) is 1.27. The summed E-state index contributed by atoms with van der Waals surface area (Å²) in [5.74, 6) is 1.62. The zero-order valence-corrected chi connectivity index (χ0v) is 9.62. The Kier molecular flexibility index (Phi) is 6.04. The zero-order valence-electron chi connectivity index (χ0n) is 9.62. The molecule has 0 atom stereocenters. The van der Waals surface area contributed by atoms with E-state index in [-0.39, 0.29) is 0 Å². The van der Waals surface area contributed by atoms with Crippen LogP contribution in [-0.4, -0.2) is 24.6 Å². The first kappa shape index (κ1) is 12.2. The Bertz CT molecular complexity index is 234. The fraction of sp³-hybridized carbons (Fsp3) is 0.727. The van der Waals surface area contributed by atoms with Gasteiger partial charge in [0.25, 0.3) is 0 Å². The summed E-state index contributed by atoms with van der Waals surface area (Å²) in [6, 6.07) is 0. The topological polar surface area (TPSA) is 50.1 Å². The van der Waals surface area contributed by atoms with Gasteiger partial charge >= 0.3 is 0 Å². The number of aromatic nitrogens is 1. The molecule has 4 nitrogen and oxygen atoms in total. The van der Waals surface area contributed by atoms with Crippen LogP contribution in [0.4, 0.5) is 0 Å². The predicted octanol–water partition coefficient (Wildman–Crippen LogP) is 1.40. The van der Waals surface area contributed by atoms with E-state index >= 15 is 0 Å². The van der Waals surface area contributed by atoms with E-state index in [0.717, 1.165) is 44.3 Å². The Balaban J connectivity index is 1.85. The Morgan fingerprint density at radius 2 is 2.13 bits per heavy atom.